The average molecular weight is 670 g/mol. The quantitative estimate of drug-likeness (QED) is 0.0900. The molecule has 0 heterocycles. The van der Waals surface area contributed by atoms with Crippen LogP contribution in [0.2, 0.25) is 0 Å². The monoisotopic (exact) mass is 670 g/mol. The maximum Gasteiger partial charge on any atom is 0.411 e. The number of hydrogen-bond acceptors (Lipinski definition) is 4. The van der Waals surface area contributed by atoms with Gasteiger partial charge in [0.05, 0.1) is 11.1 Å². The molecule has 4 aromatic rings. The van der Waals surface area contributed by atoms with Crippen LogP contribution in [0.4, 0.5) is 26.3 Å². The van der Waals surface area contributed by atoms with E-state index in [1.54, 1.807) is 30.3 Å². The maximum atomic E-state index is 14.4. The number of alkyl halides is 6. The van der Waals surface area contributed by atoms with Crippen LogP contribution in [0.1, 0.15) is 31.8 Å². The summed E-state index contributed by atoms with van der Waals surface area (Å²) in [6.07, 6.45) is -11.7. The molecule has 0 saturated carbocycles. The van der Waals surface area contributed by atoms with Crippen LogP contribution in [0.3, 0.4) is 0 Å². The van der Waals surface area contributed by atoms with Gasteiger partial charge in [0, 0.05) is 3.57 Å². The predicted molar refractivity (Wildman–Crippen MR) is 141 cm³/mol. The van der Waals surface area contributed by atoms with Gasteiger partial charge in [-0.15, -0.1) is 0 Å². The Labute approximate surface area is 237 Å². The van der Waals surface area contributed by atoms with E-state index in [-0.39, 0.29) is 22.6 Å². The van der Waals surface area contributed by atoms with Gasteiger partial charge in [-0.05, 0) is 94.4 Å². The summed E-state index contributed by atoms with van der Waals surface area (Å²) < 4.78 is 97.7. The fourth-order valence-electron chi connectivity index (χ4n) is 4.02. The van der Waals surface area contributed by atoms with E-state index in [1.807, 2.05) is 22.6 Å². The molecular formula is C29H17F6IO4. The minimum Gasteiger partial charge on any atom is -0.423 e. The second-order valence-electron chi connectivity index (χ2n) is 8.45. The second-order valence-corrected chi connectivity index (χ2v) is 9.69. The van der Waals surface area contributed by atoms with Crippen LogP contribution in [0.5, 0.6) is 11.5 Å². The number of carbonyl (C=O) groups is 2. The number of rotatable bonds is 6. The fourth-order valence-corrected chi connectivity index (χ4v) is 4.38. The third-order valence-electron chi connectivity index (χ3n) is 5.94. The molecule has 0 atom stereocenters. The Balaban J connectivity index is 1.67. The van der Waals surface area contributed by atoms with Gasteiger partial charge in [0.15, 0.2) is 0 Å². The molecule has 0 aliphatic carbocycles. The lowest BCUT2D eigenvalue weighted by Crippen LogP contribution is -2.54. The summed E-state index contributed by atoms with van der Waals surface area (Å²) in [6.45, 7) is 0. The average Bonchev–Trinajstić information content (AvgIpc) is 2.90. The van der Waals surface area contributed by atoms with Gasteiger partial charge < -0.3 is 9.47 Å². The van der Waals surface area contributed by atoms with Crippen molar-refractivity contribution in [3.05, 3.63) is 129 Å². The molecule has 0 aliphatic rings. The number of halogens is 7. The van der Waals surface area contributed by atoms with E-state index in [9.17, 15) is 35.9 Å². The Morgan fingerprint density at radius 2 is 0.900 bits per heavy atom. The van der Waals surface area contributed by atoms with Gasteiger partial charge in [0.1, 0.15) is 11.5 Å². The van der Waals surface area contributed by atoms with Crippen LogP contribution >= 0.6 is 22.6 Å². The third kappa shape index (κ3) is 5.83. The molecule has 4 nitrogen and oxygen atoms in total. The summed E-state index contributed by atoms with van der Waals surface area (Å²) >= 11 is 2.02. The largest absolute Gasteiger partial charge is 0.423 e. The molecule has 0 saturated heterocycles. The van der Waals surface area contributed by atoms with E-state index in [4.69, 9.17) is 9.47 Å². The molecule has 0 radical (unpaired) electrons. The first kappa shape index (κ1) is 29.1. The number of ether oxygens (including phenoxy) is 2. The zero-order valence-corrected chi connectivity index (χ0v) is 22.3. The Hall–Kier alpha value is -3.87. The SMILES string of the molecule is O=C(Oc1ccc(C(c2ccc(OC(=O)c3ccc(I)cc3)cc2)(C(F)(F)F)C(F)(F)F)cc1)c1ccccc1. The molecule has 0 bridgehead atoms. The molecule has 0 aliphatic heterocycles. The van der Waals surface area contributed by atoms with E-state index < -0.39 is 40.8 Å². The summed E-state index contributed by atoms with van der Waals surface area (Å²) in [5.74, 6) is -2.15. The highest BCUT2D eigenvalue weighted by Crippen LogP contribution is 2.56. The van der Waals surface area contributed by atoms with Crippen molar-refractivity contribution in [2.45, 2.75) is 17.8 Å². The van der Waals surface area contributed by atoms with E-state index in [1.165, 1.54) is 24.3 Å². The van der Waals surface area contributed by atoms with Gasteiger partial charge in [-0.25, -0.2) is 9.59 Å². The Bertz CT molecular complexity index is 1470. The Morgan fingerprint density at radius 1 is 0.525 bits per heavy atom. The Kier molecular flexibility index (Phi) is 8.24. The van der Waals surface area contributed by atoms with Gasteiger partial charge in [-0.1, -0.05) is 42.5 Å². The summed E-state index contributed by atoms with van der Waals surface area (Å²) in [4.78, 5) is 24.6. The van der Waals surface area contributed by atoms with Crippen molar-refractivity contribution >= 4 is 34.5 Å². The van der Waals surface area contributed by atoms with Crippen LogP contribution in [-0.4, -0.2) is 24.3 Å². The van der Waals surface area contributed by atoms with Crippen molar-refractivity contribution in [2.24, 2.45) is 0 Å². The van der Waals surface area contributed by atoms with Crippen molar-refractivity contribution in [1.29, 1.82) is 0 Å². The van der Waals surface area contributed by atoms with Crippen molar-refractivity contribution in [3.8, 4) is 11.5 Å². The van der Waals surface area contributed by atoms with Crippen molar-refractivity contribution in [3.63, 3.8) is 0 Å². The Morgan fingerprint density at radius 3 is 1.27 bits per heavy atom. The summed E-state index contributed by atoms with van der Waals surface area (Å²) in [5.41, 5.74) is -6.42. The zero-order valence-electron chi connectivity index (χ0n) is 20.1. The molecule has 4 aromatic carbocycles. The van der Waals surface area contributed by atoms with Crippen LogP contribution in [-0.2, 0) is 5.41 Å². The summed E-state index contributed by atoms with van der Waals surface area (Å²) in [7, 11) is 0. The molecular weight excluding hydrogens is 653 g/mol. The van der Waals surface area contributed by atoms with E-state index >= 15 is 0 Å². The smallest absolute Gasteiger partial charge is 0.411 e. The van der Waals surface area contributed by atoms with Gasteiger partial charge >= 0.3 is 24.3 Å². The standard InChI is InChI=1S/C29H17F6IO4/c30-28(31,32)27(29(33,34)35,20-8-14-23(15-9-20)39-25(37)18-4-2-1-3-5-18)21-10-16-24(17-11-21)40-26(38)19-6-12-22(36)13-7-19/h1-17H. The predicted octanol–water partition coefficient (Wildman–Crippen LogP) is 8.14. The first-order chi connectivity index (χ1) is 18.8. The van der Waals surface area contributed by atoms with E-state index in [2.05, 4.69) is 0 Å². The molecule has 206 valence electrons. The fraction of sp³-hybridized carbons (Fsp3) is 0.103. The first-order valence-electron chi connectivity index (χ1n) is 11.4. The van der Waals surface area contributed by atoms with Crippen LogP contribution in [0, 0.1) is 3.57 Å². The van der Waals surface area contributed by atoms with E-state index in [0.29, 0.717) is 24.3 Å². The van der Waals surface area contributed by atoms with E-state index in [0.717, 1.165) is 27.8 Å². The van der Waals surface area contributed by atoms with Crippen molar-refractivity contribution in [2.75, 3.05) is 0 Å². The highest BCUT2D eigenvalue weighted by atomic mass is 127. The second kappa shape index (κ2) is 11.3. The number of esters is 2. The normalized spacial score (nSPS) is 12.1. The highest BCUT2D eigenvalue weighted by molar-refractivity contribution is 14.1. The van der Waals surface area contributed by atoms with Gasteiger partial charge in [-0.3, -0.25) is 0 Å². The van der Waals surface area contributed by atoms with Gasteiger partial charge in [0.2, 0.25) is 5.41 Å². The minimum absolute atomic E-state index is 0.148. The molecule has 0 fully saturated rings. The molecule has 0 aromatic heterocycles. The molecule has 11 heteroatoms. The molecule has 0 amide bonds. The number of hydrogen-bond donors (Lipinski definition) is 0. The van der Waals surface area contributed by atoms with Crippen molar-refractivity contribution < 1.29 is 45.4 Å². The maximum absolute atomic E-state index is 14.4. The molecule has 4 rings (SSSR count). The number of carbonyl (C=O) groups excluding carboxylic acids is 2. The van der Waals surface area contributed by atoms with Gasteiger partial charge in [-0.2, -0.15) is 26.3 Å². The van der Waals surface area contributed by atoms with Crippen LogP contribution < -0.4 is 9.47 Å². The third-order valence-corrected chi connectivity index (χ3v) is 6.65. The molecule has 0 spiro atoms. The van der Waals surface area contributed by atoms with Gasteiger partial charge in [0.25, 0.3) is 0 Å². The lowest BCUT2D eigenvalue weighted by molar-refractivity contribution is -0.288. The highest BCUT2D eigenvalue weighted by Gasteiger charge is 2.72. The summed E-state index contributed by atoms with van der Waals surface area (Å²) in [6, 6.07) is 19.8. The molecule has 0 N–H and O–H groups in total. The first-order valence-corrected chi connectivity index (χ1v) is 12.5. The molecule has 40 heavy (non-hydrogen) atoms. The topological polar surface area (TPSA) is 52.6 Å². The van der Waals surface area contributed by atoms with Crippen LogP contribution in [0.15, 0.2) is 103 Å². The minimum atomic E-state index is -5.83. The summed E-state index contributed by atoms with van der Waals surface area (Å²) in [5, 5.41) is 0. The lowest BCUT2D eigenvalue weighted by atomic mass is 9.73. The zero-order chi connectivity index (χ0) is 29.1. The van der Waals surface area contributed by atoms with Crippen LogP contribution in [0.25, 0.3) is 0 Å². The number of benzene rings is 4. The lowest BCUT2D eigenvalue weighted by Gasteiger charge is -2.38. The molecule has 0 unspecified atom stereocenters. The van der Waals surface area contributed by atoms with Crippen molar-refractivity contribution in [1.82, 2.24) is 0 Å².